The predicted octanol–water partition coefficient (Wildman–Crippen LogP) is 3.37. The van der Waals surface area contributed by atoms with Crippen LogP contribution in [0.4, 0.5) is 0 Å². The molecule has 2 aliphatic rings. The zero-order valence-electron chi connectivity index (χ0n) is 17.7. The van der Waals surface area contributed by atoms with Crippen molar-refractivity contribution in [2.45, 2.75) is 95.1 Å². The van der Waals surface area contributed by atoms with E-state index < -0.39 is 5.54 Å². The van der Waals surface area contributed by atoms with Crippen molar-refractivity contribution in [3.63, 3.8) is 0 Å². The van der Waals surface area contributed by atoms with E-state index in [1.807, 2.05) is 0 Å². The van der Waals surface area contributed by atoms with Crippen molar-refractivity contribution in [3.05, 3.63) is 0 Å². The summed E-state index contributed by atoms with van der Waals surface area (Å²) in [5.41, 5.74) is 6.04. The van der Waals surface area contributed by atoms with Crippen LogP contribution in [0.15, 0.2) is 0 Å². The first kappa shape index (κ1) is 22.6. The highest BCUT2D eigenvalue weighted by atomic mass is 16.5. The number of nitrogens with one attached hydrogen (secondary N) is 2. The third-order valence-corrected chi connectivity index (χ3v) is 6.80. The van der Waals surface area contributed by atoms with E-state index in [2.05, 4.69) is 10.6 Å². The lowest BCUT2D eigenvalue weighted by atomic mass is 9.74. The van der Waals surface area contributed by atoms with Crippen molar-refractivity contribution in [1.29, 1.82) is 0 Å². The molecule has 2 saturated carbocycles. The zero-order valence-corrected chi connectivity index (χ0v) is 17.7. The molecule has 0 aromatic carbocycles. The molecule has 0 saturated heterocycles. The van der Waals surface area contributed by atoms with E-state index in [1.54, 1.807) is 14.2 Å². The van der Waals surface area contributed by atoms with Crippen LogP contribution in [0.25, 0.3) is 0 Å². The molecule has 0 aliphatic heterocycles. The van der Waals surface area contributed by atoms with Gasteiger partial charge in [-0.1, -0.05) is 44.9 Å². The number of carbonyl (C=O) groups excluding carboxylic acids is 1. The fourth-order valence-electron chi connectivity index (χ4n) is 5.19. The van der Waals surface area contributed by atoms with Gasteiger partial charge in [-0.15, -0.1) is 0 Å². The molecule has 27 heavy (non-hydrogen) atoms. The summed E-state index contributed by atoms with van der Waals surface area (Å²) >= 11 is 0. The summed E-state index contributed by atoms with van der Waals surface area (Å²) in [5.74, 6) is 1.36. The van der Waals surface area contributed by atoms with Gasteiger partial charge in [-0.25, -0.2) is 0 Å². The van der Waals surface area contributed by atoms with Gasteiger partial charge in [0.1, 0.15) is 0 Å². The maximum Gasteiger partial charge on any atom is 0.239 e. The Morgan fingerprint density at radius 3 is 2.56 bits per heavy atom. The summed E-state index contributed by atoms with van der Waals surface area (Å²) in [4.78, 5) is 12.6. The number of nitrogens with two attached hydrogens (primary N) is 1. The van der Waals surface area contributed by atoms with Crippen molar-refractivity contribution in [2.24, 2.45) is 17.6 Å². The van der Waals surface area contributed by atoms with Gasteiger partial charge >= 0.3 is 0 Å². The van der Waals surface area contributed by atoms with Gasteiger partial charge < -0.3 is 21.1 Å². The van der Waals surface area contributed by atoms with E-state index in [9.17, 15) is 4.79 Å². The SMILES string of the molecule is CNC(=O)[C@@](N)(CCC1CCCCC1)C[C@H]1CCC[C@H](NCCCOC)C1. The number of methoxy groups -OCH3 is 1. The lowest BCUT2D eigenvalue weighted by Crippen LogP contribution is -2.55. The Kier molecular flexibility index (Phi) is 10.1. The molecule has 2 rings (SSSR count). The van der Waals surface area contributed by atoms with Crippen molar-refractivity contribution < 1.29 is 9.53 Å². The van der Waals surface area contributed by atoms with Gasteiger partial charge in [-0.05, 0) is 56.9 Å². The standard InChI is InChI=1S/C22H43N3O2/c1-24-21(26)22(23,13-12-18-8-4-3-5-9-18)17-19-10-6-11-20(16-19)25-14-7-15-27-2/h18-20,25H,3-17,23H2,1-2H3,(H,24,26)/t19-,20-,22+/m0/s1. The first-order chi connectivity index (χ1) is 13.1. The minimum atomic E-state index is -0.700. The molecule has 2 aliphatic carbocycles. The molecular formula is C22H43N3O2. The highest BCUT2D eigenvalue weighted by molar-refractivity contribution is 5.85. The molecule has 0 spiro atoms. The monoisotopic (exact) mass is 381 g/mol. The molecule has 0 bridgehead atoms. The second kappa shape index (κ2) is 12.0. The molecule has 1 amide bonds. The number of hydrogen-bond acceptors (Lipinski definition) is 4. The highest BCUT2D eigenvalue weighted by Gasteiger charge is 2.37. The normalized spacial score (nSPS) is 26.5. The van der Waals surface area contributed by atoms with E-state index in [1.165, 1.54) is 51.4 Å². The van der Waals surface area contributed by atoms with Crippen LogP contribution in [-0.4, -0.2) is 44.8 Å². The molecule has 5 heteroatoms. The number of likely N-dealkylation sites (N-methyl/N-ethyl adjacent to an activating group) is 1. The summed E-state index contributed by atoms with van der Waals surface area (Å²) in [5, 5.41) is 6.53. The number of hydrogen-bond donors (Lipinski definition) is 3. The second-order valence-electron chi connectivity index (χ2n) is 9.01. The van der Waals surface area contributed by atoms with Crippen molar-refractivity contribution >= 4 is 5.91 Å². The molecule has 2 fully saturated rings. The highest BCUT2D eigenvalue weighted by Crippen LogP contribution is 2.35. The molecule has 5 nitrogen and oxygen atoms in total. The molecular weight excluding hydrogens is 338 g/mol. The van der Waals surface area contributed by atoms with Crippen LogP contribution in [0.3, 0.4) is 0 Å². The van der Waals surface area contributed by atoms with Crippen molar-refractivity contribution in [2.75, 3.05) is 27.3 Å². The van der Waals surface area contributed by atoms with Gasteiger partial charge in [-0.2, -0.15) is 0 Å². The summed E-state index contributed by atoms with van der Waals surface area (Å²) in [7, 11) is 3.48. The Morgan fingerprint density at radius 2 is 1.85 bits per heavy atom. The van der Waals surface area contributed by atoms with E-state index in [4.69, 9.17) is 10.5 Å². The third-order valence-electron chi connectivity index (χ3n) is 6.80. The summed E-state index contributed by atoms with van der Waals surface area (Å²) in [6, 6.07) is 0.563. The summed E-state index contributed by atoms with van der Waals surface area (Å²) in [6.07, 6.45) is 15.4. The molecule has 158 valence electrons. The molecule has 4 N–H and O–H groups in total. The van der Waals surface area contributed by atoms with Crippen LogP contribution in [0.5, 0.6) is 0 Å². The van der Waals surface area contributed by atoms with E-state index >= 15 is 0 Å². The number of amides is 1. The van der Waals surface area contributed by atoms with Crippen LogP contribution >= 0.6 is 0 Å². The van der Waals surface area contributed by atoms with E-state index in [0.29, 0.717) is 12.0 Å². The Labute approximate surface area is 166 Å². The lowest BCUT2D eigenvalue weighted by molar-refractivity contribution is -0.127. The fraction of sp³-hybridized carbons (Fsp3) is 0.955. The average Bonchev–Trinajstić information content (AvgIpc) is 2.70. The van der Waals surface area contributed by atoms with Crippen LogP contribution in [-0.2, 0) is 9.53 Å². The van der Waals surface area contributed by atoms with Crippen molar-refractivity contribution in [3.8, 4) is 0 Å². The minimum absolute atomic E-state index is 0.0356. The van der Waals surface area contributed by atoms with Crippen LogP contribution in [0.2, 0.25) is 0 Å². The summed E-state index contributed by atoms with van der Waals surface area (Å²) < 4.78 is 5.13. The van der Waals surface area contributed by atoms with Gasteiger partial charge in [0.2, 0.25) is 5.91 Å². The van der Waals surface area contributed by atoms with Crippen molar-refractivity contribution in [1.82, 2.24) is 10.6 Å². The molecule has 0 heterocycles. The second-order valence-corrected chi connectivity index (χ2v) is 9.01. The molecule has 3 atom stereocenters. The minimum Gasteiger partial charge on any atom is -0.385 e. The number of carbonyl (C=O) groups is 1. The Balaban J connectivity index is 1.84. The first-order valence-electron chi connectivity index (χ1n) is 11.3. The predicted molar refractivity (Wildman–Crippen MR) is 112 cm³/mol. The largest absolute Gasteiger partial charge is 0.385 e. The van der Waals surface area contributed by atoms with Gasteiger partial charge in [0.15, 0.2) is 0 Å². The molecule has 0 aromatic heterocycles. The van der Waals surface area contributed by atoms with Crippen LogP contribution < -0.4 is 16.4 Å². The zero-order chi connectivity index (χ0) is 19.5. The van der Waals surface area contributed by atoms with E-state index in [0.717, 1.165) is 51.2 Å². The summed E-state index contributed by atoms with van der Waals surface area (Å²) in [6.45, 7) is 1.82. The lowest BCUT2D eigenvalue weighted by Gasteiger charge is -2.37. The molecule has 0 aromatic rings. The molecule has 0 unspecified atom stereocenters. The van der Waals surface area contributed by atoms with Gasteiger partial charge in [0.05, 0.1) is 5.54 Å². The number of ether oxygens (including phenoxy) is 1. The average molecular weight is 382 g/mol. The fourth-order valence-corrected chi connectivity index (χ4v) is 5.19. The Hall–Kier alpha value is -0.650. The van der Waals surface area contributed by atoms with Gasteiger partial charge in [0, 0.05) is 26.8 Å². The van der Waals surface area contributed by atoms with Gasteiger partial charge in [0.25, 0.3) is 0 Å². The molecule has 0 radical (unpaired) electrons. The third kappa shape index (κ3) is 7.71. The quantitative estimate of drug-likeness (QED) is 0.480. The van der Waals surface area contributed by atoms with Gasteiger partial charge in [-0.3, -0.25) is 4.79 Å². The smallest absolute Gasteiger partial charge is 0.239 e. The number of rotatable bonds is 11. The van der Waals surface area contributed by atoms with Crippen LogP contribution in [0.1, 0.15) is 83.5 Å². The first-order valence-corrected chi connectivity index (χ1v) is 11.3. The van der Waals surface area contributed by atoms with E-state index in [-0.39, 0.29) is 5.91 Å². The Morgan fingerprint density at radius 1 is 1.11 bits per heavy atom. The maximum absolute atomic E-state index is 12.6. The Bertz CT molecular complexity index is 426. The maximum atomic E-state index is 12.6. The topological polar surface area (TPSA) is 76.4 Å². The van der Waals surface area contributed by atoms with Crippen LogP contribution in [0, 0.1) is 11.8 Å².